The number of nitrogens with one attached hydrogen (secondary N) is 1. The summed E-state index contributed by atoms with van der Waals surface area (Å²) in [5.41, 5.74) is 4.85. The van der Waals surface area contributed by atoms with Crippen LogP contribution in [-0.4, -0.2) is 17.1 Å². The molecule has 0 aliphatic carbocycles. The Morgan fingerprint density at radius 1 is 1.12 bits per heavy atom. The maximum Gasteiger partial charge on any atom is 0.137 e. The van der Waals surface area contributed by atoms with Crippen molar-refractivity contribution in [2.45, 2.75) is 6.92 Å². The Labute approximate surface area is 155 Å². The second-order valence-corrected chi connectivity index (χ2v) is 6.53. The van der Waals surface area contributed by atoms with E-state index in [9.17, 15) is 4.39 Å². The summed E-state index contributed by atoms with van der Waals surface area (Å²) in [6.07, 6.45) is 1.70. The van der Waals surface area contributed by atoms with Gasteiger partial charge in [-0.3, -0.25) is 4.98 Å². The van der Waals surface area contributed by atoms with Crippen LogP contribution >= 0.6 is 11.6 Å². The van der Waals surface area contributed by atoms with Gasteiger partial charge in [-0.15, -0.1) is 0 Å². The molecule has 3 nitrogen and oxygen atoms in total. The summed E-state index contributed by atoms with van der Waals surface area (Å²) in [5, 5.41) is 1.35. The van der Waals surface area contributed by atoms with Crippen molar-refractivity contribution < 1.29 is 9.13 Å². The number of halogens is 2. The van der Waals surface area contributed by atoms with Crippen molar-refractivity contribution >= 4 is 22.5 Å². The average molecular weight is 367 g/mol. The van der Waals surface area contributed by atoms with Gasteiger partial charge < -0.3 is 9.72 Å². The zero-order valence-corrected chi connectivity index (χ0v) is 15.1. The van der Waals surface area contributed by atoms with Crippen molar-refractivity contribution in [1.29, 1.82) is 0 Å². The zero-order chi connectivity index (χ0) is 18.3. The number of aromatic amines is 1. The minimum absolute atomic E-state index is 0.350. The van der Waals surface area contributed by atoms with Gasteiger partial charge in [0.1, 0.15) is 11.6 Å². The summed E-state index contributed by atoms with van der Waals surface area (Å²) in [7, 11) is 1.62. The molecule has 26 heavy (non-hydrogen) atoms. The van der Waals surface area contributed by atoms with Crippen LogP contribution in [0.4, 0.5) is 4.39 Å². The third kappa shape index (κ3) is 2.82. The largest absolute Gasteiger partial charge is 0.495 e. The molecule has 130 valence electrons. The summed E-state index contributed by atoms with van der Waals surface area (Å²) >= 11 is 6.19. The molecule has 0 atom stereocenters. The summed E-state index contributed by atoms with van der Waals surface area (Å²) < 4.78 is 19.4. The highest BCUT2D eigenvalue weighted by Crippen LogP contribution is 2.34. The van der Waals surface area contributed by atoms with Crippen LogP contribution < -0.4 is 4.74 Å². The van der Waals surface area contributed by atoms with Crippen LogP contribution in [0.5, 0.6) is 5.75 Å². The van der Waals surface area contributed by atoms with Crippen molar-refractivity contribution in [3.8, 4) is 28.3 Å². The fraction of sp³-hybridized carbons (Fsp3) is 0.0952. The summed E-state index contributed by atoms with van der Waals surface area (Å²) in [6.45, 7) is 2.00. The van der Waals surface area contributed by atoms with E-state index in [4.69, 9.17) is 16.3 Å². The van der Waals surface area contributed by atoms with E-state index in [-0.39, 0.29) is 5.82 Å². The molecule has 4 aromatic rings. The lowest BCUT2D eigenvalue weighted by Gasteiger charge is -2.07. The molecule has 5 heteroatoms. The molecule has 0 aliphatic heterocycles. The Balaban J connectivity index is 1.82. The molecule has 2 aromatic heterocycles. The third-order valence-electron chi connectivity index (χ3n) is 4.42. The number of benzene rings is 2. The number of H-pyrrole nitrogens is 1. The van der Waals surface area contributed by atoms with Crippen molar-refractivity contribution in [1.82, 2.24) is 9.97 Å². The molecule has 4 rings (SSSR count). The summed E-state index contributed by atoms with van der Waals surface area (Å²) in [4.78, 5) is 7.74. The van der Waals surface area contributed by atoms with Crippen LogP contribution in [0.2, 0.25) is 5.02 Å². The second-order valence-electron chi connectivity index (χ2n) is 6.12. The molecule has 0 unspecified atom stereocenters. The van der Waals surface area contributed by atoms with E-state index in [0.717, 1.165) is 33.5 Å². The van der Waals surface area contributed by atoms with Gasteiger partial charge in [0.05, 0.1) is 35.3 Å². The molecule has 0 saturated carbocycles. The van der Waals surface area contributed by atoms with Gasteiger partial charge in [-0.25, -0.2) is 4.39 Å². The molecule has 2 heterocycles. The highest BCUT2D eigenvalue weighted by molar-refractivity contribution is 6.33. The molecule has 0 saturated heterocycles. The summed E-state index contributed by atoms with van der Waals surface area (Å²) in [6, 6.07) is 14.5. The smallest absolute Gasteiger partial charge is 0.137 e. The molecule has 0 amide bonds. The number of aromatic nitrogens is 2. The van der Waals surface area contributed by atoms with Crippen LogP contribution in [0.25, 0.3) is 33.4 Å². The van der Waals surface area contributed by atoms with Crippen molar-refractivity contribution in [2.24, 2.45) is 0 Å². The number of fused-ring (bicyclic) bond motifs is 1. The SMILES string of the molecule is COc1cnc(-c2ccc3[nH]c(-c4c(F)cccc4Cl)cc3c2)c(C)c1. The second kappa shape index (κ2) is 6.46. The topological polar surface area (TPSA) is 37.9 Å². The van der Waals surface area contributed by atoms with Crippen LogP contribution in [-0.2, 0) is 0 Å². The lowest BCUT2D eigenvalue weighted by atomic mass is 10.0. The molecule has 0 bridgehead atoms. The molecule has 1 N–H and O–H groups in total. The molecule has 2 aromatic carbocycles. The van der Waals surface area contributed by atoms with Crippen LogP contribution in [0.1, 0.15) is 5.56 Å². The maximum absolute atomic E-state index is 14.2. The third-order valence-corrected chi connectivity index (χ3v) is 4.73. The van der Waals surface area contributed by atoms with Gasteiger partial charge in [-0.2, -0.15) is 0 Å². The van der Waals surface area contributed by atoms with Gasteiger partial charge >= 0.3 is 0 Å². The quantitative estimate of drug-likeness (QED) is 0.482. The van der Waals surface area contributed by atoms with E-state index in [1.807, 2.05) is 37.3 Å². The number of methoxy groups -OCH3 is 1. The Morgan fingerprint density at radius 3 is 2.69 bits per heavy atom. The van der Waals surface area contributed by atoms with Crippen LogP contribution in [0.15, 0.2) is 54.7 Å². The lowest BCUT2D eigenvalue weighted by molar-refractivity contribution is 0.412. The molecular formula is C21H16ClFN2O. The number of aryl methyl sites for hydroxylation is 1. The predicted molar refractivity (Wildman–Crippen MR) is 103 cm³/mol. The predicted octanol–water partition coefficient (Wildman–Crippen LogP) is 6.01. The minimum Gasteiger partial charge on any atom is -0.495 e. The van der Waals surface area contributed by atoms with E-state index in [1.54, 1.807) is 25.4 Å². The number of rotatable bonds is 3. The van der Waals surface area contributed by atoms with Crippen molar-refractivity contribution in [3.63, 3.8) is 0 Å². The number of pyridine rings is 1. The average Bonchev–Trinajstić information content (AvgIpc) is 3.04. The van der Waals surface area contributed by atoms with E-state index >= 15 is 0 Å². The molecular weight excluding hydrogens is 351 g/mol. The number of hydrogen-bond acceptors (Lipinski definition) is 2. The normalized spacial score (nSPS) is 11.1. The first kappa shape index (κ1) is 16.6. The van der Waals surface area contributed by atoms with Gasteiger partial charge in [0.25, 0.3) is 0 Å². The highest BCUT2D eigenvalue weighted by Gasteiger charge is 2.13. The Kier molecular flexibility index (Phi) is 4.13. The monoisotopic (exact) mass is 366 g/mol. The van der Waals surface area contributed by atoms with Crippen LogP contribution in [0.3, 0.4) is 0 Å². The molecule has 0 radical (unpaired) electrons. The lowest BCUT2D eigenvalue weighted by Crippen LogP contribution is -1.91. The first-order valence-corrected chi connectivity index (χ1v) is 8.53. The highest BCUT2D eigenvalue weighted by atomic mass is 35.5. The molecule has 0 aliphatic rings. The van der Waals surface area contributed by atoms with E-state index in [0.29, 0.717) is 16.3 Å². The summed E-state index contributed by atoms with van der Waals surface area (Å²) in [5.74, 6) is 0.377. The maximum atomic E-state index is 14.2. The fourth-order valence-corrected chi connectivity index (χ4v) is 3.40. The van der Waals surface area contributed by atoms with Gasteiger partial charge in [-0.1, -0.05) is 23.7 Å². The first-order chi connectivity index (χ1) is 12.6. The standard InChI is InChI=1S/C21H16ClFN2O/c1-12-8-15(26-2)11-24-21(12)13-6-7-18-14(9-13)10-19(25-18)20-16(22)4-3-5-17(20)23/h3-11,25H,1-2H3. The molecule has 0 fully saturated rings. The number of nitrogens with zero attached hydrogens (tertiary/aromatic N) is 1. The van der Waals surface area contributed by atoms with E-state index in [2.05, 4.69) is 9.97 Å². The van der Waals surface area contributed by atoms with Crippen molar-refractivity contribution in [2.75, 3.05) is 7.11 Å². The van der Waals surface area contributed by atoms with E-state index < -0.39 is 0 Å². The first-order valence-electron chi connectivity index (χ1n) is 8.15. The van der Waals surface area contributed by atoms with Gasteiger partial charge in [0.15, 0.2) is 0 Å². The minimum atomic E-state index is -0.350. The van der Waals surface area contributed by atoms with Crippen molar-refractivity contribution in [3.05, 3.63) is 71.1 Å². The Morgan fingerprint density at radius 2 is 1.96 bits per heavy atom. The zero-order valence-electron chi connectivity index (χ0n) is 14.3. The Bertz CT molecular complexity index is 1100. The van der Waals surface area contributed by atoms with Gasteiger partial charge in [0, 0.05) is 16.5 Å². The number of ether oxygens (including phenoxy) is 1. The molecule has 0 spiro atoms. The van der Waals surface area contributed by atoms with Gasteiger partial charge in [0.2, 0.25) is 0 Å². The van der Waals surface area contributed by atoms with Crippen LogP contribution in [0, 0.1) is 12.7 Å². The Hall–Kier alpha value is -2.85. The van der Waals surface area contributed by atoms with E-state index in [1.165, 1.54) is 6.07 Å². The van der Waals surface area contributed by atoms with Gasteiger partial charge in [-0.05, 0) is 48.9 Å². The fourth-order valence-electron chi connectivity index (χ4n) is 3.13. The number of hydrogen-bond donors (Lipinski definition) is 1.